The minimum absolute atomic E-state index is 0.00192. The average molecular weight is 467 g/mol. The molecule has 0 bridgehead atoms. The van der Waals surface area contributed by atoms with Crippen molar-refractivity contribution in [2.45, 2.75) is 12.8 Å². The molecule has 172 valence electrons. The Labute approximate surface area is 191 Å². The molecule has 1 amide bonds. The minimum atomic E-state index is -4.60. The van der Waals surface area contributed by atoms with Crippen molar-refractivity contribution in [1.29, 1.82) is 5.26 Å². The normalized spacial score (nSPS) is 11.4. The number of benzene rings is 3. The molecule has 0 radical (unpaired) electrons. The lowest BCUT2D eigenvalue weighted by Gasteiger charge is -2.10. The number of nitro groups is 1. The largest absolute Gasteiger partial charge is 0.482 e. The topological polar surface area (TPSA) is 105 Å². The number of nitro benzene ring substituents is 1. The van der Waals surface area contributed by atoms with Crippen molar-refractivity contribution < 1.29 is 27.6 Å². The van der Waals surface area contributed by atoms with Gasteiger partial charge in [0.15, 0.2) is 5.75 Å². The first kappa shape index (κ1) is 24.0. The predicted octanol–water partition coefficient (Wildman–Crippen LogP) is 5.74. The van der Waals surface area contributed by atoms with Gasteiger partial charge in [-0.3, -0.25) is 14.9 Å². The van der Waals surface area contributed by atoms with Gasteiger partial charge in [-0.05, 0) is 41.5 Å². The molecule has 34 heavy (non-hydrogen) atoms. The molecular weight excluding hydrogens is 451 g/mol. The Bertz CT molecular complexity index is 1280. The lowest BCUT2D eigenvalue weighted by atomic mass is 10.1. The summed E-state index contributed by atoms with van der Waals surface area (Å²) in [6, 6.07) is 18.5. The van der Waals surface area contributed by atoms with Gasteiger partial charge in [-0.25, -0.2) is 0 Å². The third-order valence-corrected chi connectivity index (χ3v) is 4.54. The lowest BCUT2D eigenvalue weighted by Crippen LogP contribution is -2.14. The van der Waals surface area contributed by atoms with E-state index in [-0.39, 0.29) is 29.3 Å². The molecule has 0 fully saturated rings. The SMILES string of the molecule is N#C/C(=C/c1ccc(OCc2ccccc2)c([N+](=O)[O-])c1)C(=O)Nc1cccc(C(F)(F)F)c1. The molecule has 0 saturated carbocycles. The van der Waals surface area contributed by atoms with Crippen LogP contribution >= 0.6 is 0 Å². The van der Waals surface area contributed by atoms with Crippen molar-refractivity contribution in [3.05, 3.63) is 105 Å². The fraction of sp³-hybridized carbons (Fsp3) is 0.0833. The molecule has 0 saturated heterocycles. The Kier molecular flexibility index (Phi) is 7.28. The van der Waals surface area contributed by atoms with Crippen LogP contribution in [-0.2, 0) is 17.6 Å². The monoisotopic (exact) mass is 467 g/mol. The summed E-state index contributed by atoms with van der Waals surface area (Å²) >= 11 is 0. The molecule has 0 atom stereocenters. The van der Waals surface area contributed by atoms with Crippen LogP contribution in [-0.4, -0.2) is 10.8 Å². The van der Waals surface area contributed by atoms with E-state index < -0.39 is 28.1 Å². The maximum Gasteiger partial charge on any atom is 0.416 e. The van der Waals surface area contributed by atoms with E-state index in [9.17, 15) is 33.3 Å². The van der Waals surface area contributed by atoms with Crippen LogP contribution in [0.2, 0.25) is 0 Å². The molecule has 7 nitrogen and oxygen atoms in total. The second kappa shape index (κ2) is 10.3. The number of nitrogens with zero attached hydrogens (tertiary/aromatic N) is 2. The number of halogens is 3. The van der Waals surface area contributed by atoms with E-state index in [1.54, 1.807) is 30.3 Å². The van der Waals surface area contributed by atoms with Crippen molar-refractivity contribution in [2.24, 2.45) is 0 Å². The summed E-state index contributed by atoms with van der Waals surface area (Å²) in [5.74, 6) is -0.966. The Morgan fingerprint density at radius 1 is 1.09 bits per heavy atom. The summed E-state index contributed by atoms with van der Waals surface area (Å²) in [6.07, 6.45) is -3.51. The number of alkyl halides is 3. The van der Waals surface area contributed by atoms with Crippen LogP contribution in [0.1, 0.15) is 16.7 Å². The van der Waals surface area contributed by atoms with Gasteiger partial charge in [0, 0.05) is 11.8 Å². The molecule has 0 heterocycles. The first-order valence-corrected chi connectivity index (χ1v) is 9.73. The molecule has 0 unspecified atom stereocenters. The number of nitriles is 1. The fourth-order valence-corrected chi connectivity index (χ4v) is 2.91. The lowest BCUT2D eigenvalue weighted by molar-refractivity contribution is -0.386. The Hall–Kier alpha value is -4.65. The highest BCUT2D eigenvalue weighted by molar-refractivity contribution is 6.09. The predicted molar refractivity (Wildman–Crippen MR) is 118 cm³/mol. The van der Waals surface area contributed by atoms with Gasteiger partial charge in [-0.1, -0.05) is 42.5 Å². The highest BCUT2D eigenvalue weighted by Crippen LogP contribution is 2.31. The number of hydrogen-bond acceptors (Lipinski definition) is 5. The van der Waals surface area contributed by atoms with Gasteiger partial charge in [0.1, 0.15) is 18.2 Å². The molecule has 0 aliphatic heterocycles. The van der Waals surface area contributed by atoms with Gasteiger partial charge < -0.3 is 10.1 Å². The zero-order valence-electron chi connectivity index (χ0n) is 17.4. The number of rotatable bonds is 7. The van der Waals surface area contributed by atoms with Crippen LogP contribution in [0.3, 0.4) is 0 Å². The number of nitrogens with one attached hydrogen (secondary N) is 1. The Balaban J connectivity index is 1.81. The van der Waals surface area contributed by atoms with Gasteiger partial charge in [0.05, 0.1) is 10.5 Å². The van der Waals surface area contributed by atoms with E-state index in [0.717, 1.165) is 35.9 Å². The highest BCUT2D eigenvalue weighted by Gasteiger charge is 2.30. The molecular formula is C24H16F3N3O4. The number of amides is 1. The van der Waals surface area contributed by atoms with Gasteiger partial charge >= 0.3 is 11.9 Å². The van der Waals surface area contributed by atoms with Crippen LogP contribution in [0.5, 0.6) is 5.75 Å². The first-order valence-electron chi connectivity index (χ1n) is 9.73. The number of carbonyl (C=O) groups is 1. The molecule has 3 rings (SSSR count). The molecule has 0 spiro atoms. The van der Waals surface area contributed by atoms with E-state index >= 15 is 0 Å². The summed E-state index contributed by atoms with van der Waals surface area (Å²) in [4.78, 5) is 23.2. The quantitative estimate of drug-likeness (QED) is 0.207. The number of carbonyl (C=O) groups excluding carboxylic acids is 1. The van der Waals surface area contributed by atoms with Gasteiger partial charge in [-0.15, -0.1) is 0 Å². The van der Waals surface area contributed by atoms with Crippen molar-refractivity contribution in [2.75, 3.05) is 5.32 Å². The smallest absolute Gasteiger partial charge is 0.416 e. The summed E-state index contributed by atoms with van der Waals surface area (Å²) in [7, 11) is 0. The number of anilines is 1. The van der Waals surface area contributed by atoms with Gasteiger partial charge in [-0.2, -0.15) is 18.4 Å². The van der Waals surface area contributed by atoms with Crippen LogP contribution in [0, 0.1) is 21.4 Å². The van der Waals surface area contributed by atoms with Crippen LogP contribution in [0.4, 0.5) is 24.5 Å². The van der Waals surface area contributed by atoms with E-state index in [1.165, 1.54) is 18.2 Å². The standard InChI is InChI=1S/C24H16F3N3O4/c25-24(26,27)19-7-4-8-20(13-19)29-23(31)18(14-28)11-17-9-10-22(21(12-17)30(32)33)34-15-16-5-2-1-3-6-16/h1-13H,15H2,(H,29,31)/b18-11-. The third kappa shape index (κ3) is 6.20. The summed E-state index contributed by atoms with van der Waals surface area (Å²) in [5, 5.41) is 23.1. The zero-order valence-corrected chi connectivity index (χ0v) is 17.4. The molecule has 1 N–H and O–H groups in total. The molecule has 0 aliphatic rings. The maximum atomic E-state index is 12.9. The number of hydrogen-bond donors (Lipinski definition) is 1. The van der Waals surface area contributed by atoms with Crippen LogP contribution in [0.25, 0.3) is 6.08 Å². The van der Waals surface area contributed by atoms with Gasteiger partial charge in [0.2, 0.25) is 0 Å². The van der Waals surface area contributed by atoms with Crippen molar-refractivity contribution in [3.8, 4) is 11.8 Å². The van der Waals surface area contributed by atoms with E-state index in [2.05, 4.69) is 5.32 Å². The summed E-state index contributed by atoms with van der Waals surface area (Å²) in [5.41, 5.74) is -0.982. The Morgan fingerprint density at radius 2 is 1.82 bits per heavy atom. The number of ether oxygens (including phenoxy) is 1. The van der Waals surface area contributed by atoms with E-state index in [4.69, 9.17) is 4.74 Å². The van der Waals surface area contributed by atoms with Gasteiger partial charge in [0.25, 0.3) is 5.91 Å². The molecule has 10 heteroatoms. The molecule has 3 aromatic rings. The highest BCUT2D eigenvalue weighted by atomic mass is 19.4. The molecule has 0 aromatic heterocycles. The van der Waals surface area contributed by atoms with Crippen molar-refractivity contribution >= 4 is 23.4 Å². The second-order valence-corrected chi connectivity index (χ2v) is 6.96. The van der Waals surface area contributed by atoms with E-state index in [1.807, 2.05) is 6.07 Å². The third-order valence-electron chi connectivity index (χ3n) is 4.54. The van der Waals surface area contributed by atoms with Crippen LogP contribution in [0.15, 0.2) is 78.4 Å². The molecule has 3 aromatic carbocycles. The fourth-order valence-electron chi connectivity index (χ4n) is 2.91. The first-order chi connectivity index (χ1) is 16.2. The summed E-state index contributed by atoms with van der Waals surface area (Å²) in [6.45, 7) is 0.0969. The van der Waals surface area contributed by atoms with E-state index in [0.29, 0.717) is 0 Å². The minimum Gasteiger partial charge on any atom is -0.482 e. The van der Waals surface area contributed by atoms with Crippen LogP contribution < -0.4 is 10.1 Å². The second-order valence-electron chi connectivity index (χ2n) is 6.96. The Morgan fingerprint density at radius 3 is 2.47 bits per heavy atom. The zero-order chi connectivity index (χ0) is 24.7. The maximum absolute atomic E-state index is 12.9. The van der Waals surface area contributed by atoms with Crippen molar-refractivity contribution in [1.82, 2.24) is 0 Å². The van der Waals surface area contributed by atoms with Crippen molar-refractivity contribution in [3.63, 3.8) is 0 Å². The average Bonchev–Trinajstić information content (AvgIpc) is 2.81. The summed E-state index contributed by atoms with van der Waals surface area (Å²) < 4.78 is 44.1. The molecule has 0 aliphatic carbocycles.